The lowest BCUT2D eigenvalue weighted by atomic mass is 10.1. The van der Waals surface area contributed by atoms with Crippen LogP contribution in [0.15, 0.2) is 78.1 Å². The fourth-order valence-electron chi connectivity index (χ4n) is 3.70. The van der Waals surface area contributed by atoms with Crippen LogP contribution in [0.25, 0.3) is 27.7 Å². The third kappa shape index (κ3) is 3.28. The fraction of sp³-hybridized carbons (Fsp3) is 0.0870. The molecule has 0 aliphatic carbocycles. The number of aromatic nitrogens is 3. The molecule has 32 heavy (non-hydrogen) atoms. The molecule has 3 aromatic heterocycles. The third-order valence-electron chi connectivity index (χ3n) is 5.43. The predicted octanol–water partition coefficient (Wildman–Crippen LogP) is 4.18. The first-order valence-electron chi connectivity index (χ1n) is 9.91. The number of anilines is 2. The summed E-state index contributed by atoms with van der Waals surface area (Å²) in [6, 6.07) is 16.4. The summed E-state index contributed by atoms with van der Waals surface area (Å²) < 4.78 is 27.7. The smallest absolute Gasteiger partial charge is 0.242 e. The molecule has 5 rings (SSSR count). The lowest BCUT2D eigenvalue weighted by Gasteiger charge is -2.14. The maximum absolute atomic E-state index is 12.3. The van der Waals surface area contributed by atoms with Crippen LogP contribution >= 0.6 is 0 Å². The molecule has 0 saturated carbocycles. The molecule has 0 saturated heterocycles. The number of nitrogens with zero attached hydrogens (tertiary/aromatic N) is 3. The third-order valence-corrected chi connectivity index (χ3v) is 7.26. The average molecular weight is 448 g/mol. The van der Waals surface area contributed by atoms with Crippen molar-refractivity contribution in [1.82, 2.24) is 18.7 Å². The number of aromatic amines is 1. The number of pyridine rings is 1. The number of rotatable bonds is 5. The highest BCUT2D eigenvalue weighted by Crippen LogP contribution is 2.31. The number of nitrogens with one attached hydrogen (secondary N) is 2. The van der Waals surface area contributed by atoms with E-state index in [1.54, 1.807) is 36.7 Å². The summed E-state index contributed by atoms with van der Waals surface area (Å²) in [7, 11) is -0.454. The molecule has 9 heteroatoms. The Labute approximate surface area is 184 Å². The van der Waals surface area contributed by atoms with Crippen molar-refractivity contribution < 1.29 is 13.5 Å². The summed E-state index contributed by atoms with van der Waals surface area (Å²) in [5.41, 5.74) is 4.23. The zero-order valence-electron chi connectivity index (χ0n) is 17.4. The Kier molecular flexibility index (Phi) is 4.65. The van der Waals surface area contributed by atoms with Crippen molar-refractivity contribution in [2.24, 2.45) is 0 Å². The second-order valence-electron chi connectivity index (χ2n) is 7.63. The molecule has 0 amide bonds. The average Bonchev–Trinajstić information content (AvgIpc) is 3.41. The summed E-state index contributed by atoms with van der Waals surface area (Å²) >= 11 is 0. The number of aromatic hydroxyl groups is 1. The van der Waals surface area contributed by atoms with Crippen molar-refractivity contribution in [1.29, 1.82) is 0 Å². The minimum absolute atomic E-state index is 0.156. The van der Waals surface area contributed by atoms with Gasteiger partial charge in [0.1, 0.15) is 0 Å². The molecule has 162 valence electrons. The van der Waals surface area contributed by atoms with Crippen LogP contribution in [0.5, 0.6) is 5.88 Å². The van der Waals surface area contributed by atoms with Crippen LogP contribution in [0.1, 0.15) is 0 Å². The molecule has 8 nitrogen and oxygen atoms in total. The number of fused-ring (bicyclic) bond motifs is 2. The summed E-state index contributed by atoms with van der Waals surface area (Å²) in [6.07, 6.45) is 5.40. The molecule has 0 bridgehead atoms. The molecule has 5 aromatic rings. The highest BCUT2D eigenvalue weighted by atomic mass is 32.2. The van der Waals surface area contributed by atoms with Gasteiger partial charge in [0.15, 0.2) is 11.5 Å². The van der Waals surface area contributed by atoms with Gasteiger partial charge in [-0.15, -0.1) is 0 Å². The fourth-order valence-corrected chi connectivity index (χ4v) is 4.61. The Morgan fingerprint density at radius 3 is 2.59 bits per heavy atom. The Balaban J connectivity index is 1.49. The molecule has 0 atom stereocenters. The van der Waals surface area contributed by atoms with E-state index in [0.29, 0.717) is 0 Å². The highest BCUT2D eigenvalue weighted by molar-refractivity contribution is 7.89. The maximum Gasteiger partial charge on any atom is 0.242 e. The van der Waals surface area contributed by atoms with Gasteiger partial charge in [-0.25, -0.2) is 17.7 Å². The van der Waals surface area contributed by atoms with E-state index < -0.39 is 10.0 Å². The van der Waals surface area contributed by atoms with Gasteiger partial charge in [0.05, 0.1) is 16.3 Å². The van der Waals surface area contributed by atoms with Crippen LogP contribution < -0.4 is 5.32 Å². The van der Waals surface area contributed by atoms with Crippen LogP contribution in [0.3, 0.4) is 0 Å². The Bertz CT molecular complexity index is 1550. The number of benzene rings is 2. The van der Waals surface area contributed by atoms with E-state index in [4.69, 9.17) is 0 Å². The molecule has 3 heterocycles. The molecule has 0 unspecified atom stereocenters. The minimum atomic E-state index is -3.47. The largest absolute Gasteiger partial charge is 0.494 e. The van der Waals surface area contributed by atoms with E-state index in [1.165, 1.54) is 18.4 Å². The predicted molar refractivity (Wildman–Crippen MR) is 125 cm³/mol. The normalized spacial score (nSPS) is 12.1. The SMILES string of the molecule is CN(C)S(=O)(=O)c1ccc(Nc2ccc(-c3ccc4c(O)[nH]cc4c3)n3ccnc23)cc1. The van der Waals surface area contributed by atoms with Crippen molar-refractivity contribution in [2.45, 2.75) is 4.90 Å². The van der Waals surface area contributed by atoms with Gasteiger partial charge >= 0.3 is 0 Å². The lowest BCUT2D eigenvalue weighted by Crippen LogP contribution is -2.22. The van der Waals surface area contributed by atoms with Gasteiger partial charge in [0, 0.05) is 49.1 Å². The van der Waals surface area contributed by atoms with Gasteiger partial charge in [-0.05, 0) is 54.1 Å². The van der Waals surface area contributed by atoms with Crippen molar-refractivity contribution in [3.63, 3.8) is 0 Å². The zero-order valence-corrected chi connectivity index (χ0v) is 18.3. The topological polar surface area (TPSA) is 103 Å². The molecule has 0 aliphatic heterocycles. The standard InChI is InChI=1S/C23H21N5O3S/c1-27(2)32(30,31)18-6-4-17(5-7-18)26-20-9-10-21(28-12-11-24-22(20)28)15-3-8-19-16(13-15)14-25-23(19)29/h3-14,25-26,29H,1-2H3. The second kappa shape index (κ2) is 7.40. The highest BCUT2D eigenvalue weighted by Gasteiger charge is 2.17. The van der Waals surface area contributed by atoms with E-state index in [-0.39, 0.29) is 10.8 Å². The first kappa shape index (κ1) is 20.1. The molecule has 0 aliphatic rings. The minimum Gasteiger partial charge on any atom is -0.494 e. The number of H-pyrrole nitrogens is 1. The molecular formula is C23H21N5O3S. The summed E-state index contributed by atoms with van der Waals surface area (Å²) in [6.45, 7) is 0. The van der Waals surface area contributed by atoms with Crippen molar-refractivity contribution in [3.05, 3.63) is 73.2 Å². The van der Waals surface area contributed by atoms with E-state index >= 15 is 0 Å². The lowest BCUT2D eigenvalue weighted by molar-refractivity contribution is 0.462. The van der Waals surface area contributed by atoms with E-state index in [0.717, 1.165) is 39.1 Å². The molecule has 0 spiro atoms. The zero-order chi connectivity index (χ0) is 22.5. The van der Waals surface area contributed by atoms with E-state index in [9.17, 15) is 13.5 Å². The van der Waals surface area contributed by atoms with Gasteiger partial charge in [-0.1, -0.05) is 6.07 Å². The molecule has 3 N–H and O–H groups in total. The van der Waals surface area contributed by atoms with E-state index in [1.807, 2.05) is 40.9 Å². The van der Waals surface area contributed by atoms with Gasteiger partial charge in [0.25, 0.3) is 0 Å². The monoisotopic (exact) mass is 447 g/mol. The number of imidazole rings is 1. The molecule has 0 fully saturated rings. The number of hydrogen-bond donors (Lipinski definition) is 3. The van der Waals surface area contributed by atoms with E-state index in [2.05, 4.69) is 15.3 Å². The van der Waals surface area contributed by atoms with Crippen LogP contribution in [-0.4, -0.2) is 46.3 Å². The van der Waals surface area contributed by atoms with Crippen LogP contribution in [-0.2, 0) is 10.0 Å². The quantitative estimate of drug-likeness (QED) is 0.375. The van der Waals surface area contributed by atoms with Crippen LogP contribution in [0.4, 0.5) is 11.4 Å². The van der Waals surface area contributed by atoms with Gasteiger partial charge in [0.2, 0.25) is 10.0 Å². The van der Waals surface area contributed by atoms with Crippen molar-refractivity contribution >= 4 is 37.8 Å². The Morgan fingerprint density at radius 1 is 1.06 bits per heavy atom. The van der Waals surface area contributed by atoms with Crippen LogP contribution in [0.2, 0.25) is 0 Å². The van der Waals surface area contributed by atoms with Gasteiger partial charge in [-0.3, -0.25) is 4.40 Å². The number of sulfonamides is 1. The number of hydrogen-bond acceptors (Lipinski definition) is 5. The van der Waals surface area contributed by atoms with Crippen LogP contribution in [0, 0.1) is 0 Å². The van der Waals surface area contributed by atoms with Crippen molar-refractivity contribution in [2.75, 3.05) is 19.4 Å². The second-order valence-corrected chi connectivity index (χ2v) is 9.78. The first-order chi connectivity index (χ1) is 15.3. The molecule has 2 aromatic carbocycles. The van der Waals surface area contributed by atoms with Crippen molar-refractivity contribution in [3.8, 4) is 17.1 Å². The summed E-state index contributed by atoms with van der Waals surface area (Å²) in [5.74, 6) is 0.156. The molecule has 0 radical (unpaired) electrons. The van der Waals surface area contributed by atoms with Gasteiger partial charge in [-0.2, -0.15) is 0 Å². The first-order valence-corrected chi connectivity index (χ1v) is 11.3. The summed E-state index contributed by atoms with van der Waals surface area (Å²) in [4.78, 5) is 7.57. The Morgan fingerprint density at radius 2 is 1.84 bits per heavy atom. The Hall–Kier alpha value is -3.82. The maximum atomic E-state index is 12.3. The van der Waals surface area contributed by atoms with Gasteiger partial charge < -0.3 is 15.4 Å². The summed E-state index contributed by atoms with van der Waals surface area (Å²) in [5, 5.41) is 14.9. The molecular weight excluding hydrogens is 426 g/mol.